The van der Waals surface area contributed by atoms with Crippen molar-refractivity contribution in [1.29, 1.82) is 0 Å². The Bertz CT molecular complexity index is 283. The second-order valence-corrected chi connectivity index (χ2v) is 6.49. The second kappa shape index (κ2) is 6.54. The van der Waals surface area contributed by atoms with Gasteiger partial charge in [-0.05, 0) is 33.1 Å². The summed E-state index contributed by atoms with van der Waals surface area (Å²) in [5.74, 6) is 0.182. The monoisotopic (exact) mass is 252 g/mol. The van der Waals surface area contributed by atoms with Crippen LogP contribution in [0, 0.1) is 5.92 Å². The van der Waals surface area contributed by atoms with Crippen molar-refractivity contribution in [2.45, 2.75) is 46.1 Å². The van der Waals surface area contributed by atoms with Crippen molar-refractivity contribution in [3.05, 3.63) is 0 Å². The van der Waals surface area contributed by atoms with Gasteiger partial charge in [0.2, 0.25) is 0 Å². The molecule has 3 N–H and O–H groups in total. The third-order valence-corrected chi connectivity index (χ3v) is 3.55. The van der Waals surface area contributed by atoms with Crippen LogP contribution in [0.4, 0.5) is 0 Å². The minimum atomic E-state index is -3.44. The standard InChI is InChI=1S/C10H24N2O3S/c1-5-9(6-7-13)8-11-16(14,15)12-10(2,3)4/h9,11-13H,5-8H2,1-4H3. The molecule has 0 aliphatic heterocycles. The molecule has 0 bridgehead atoms. The molecule has 5 nitrogen and oxygen atoms in total. The summed E-state index contributed by atoms with van der Waals surface area (Å²) in [6.45, 7) is 7.80. The van der Waals surface area contributed by atoms with Crippen molar-refractivity contribution >= 4 is 10.2 Å². The molecule has 0 saturated heterocycles. The van der Waals surface area contributed by atoms with Gasteiger partial charge in [0, 0.05) is 18.7 Å². The third kappa shape index (κ3) is 8.04. The second-order valence-electron chi connectivity index (χ2n) is 4.99. The maximum atomic E-state index is 11.6. The van der Waals surface area contributed by atoms with Gasteiger partial charge in [0.05, 0.1) is 0 Å². The minimum Gasteiger partial charge on any atom is -0.396 e. The fourth-order valence-electron chi connectivity index (χ4n) is 1.30. The molecule has 0 aromatic carbocycles. The Morgan fingerprint density at radius 2 is 1.88 bits per heavy atom. The molecule has 16 heavy (non-hydrogen) atoms. The zero-order chi connectivity index (χ0) is 12.8. The van der Waals surface area contributed by atoms with Crippen molar-refractivity contribution in [3.8, 4) is 0 Å². The van der Waals surface area contributed by atoms with E-state index in [0.717, 1.165) is 6.42 Å². The average Bonchev–Trinajstić information content (AvgIpc) is 2.08. The molecule has 0 amide bonds. The van der Waals surface area contributed by atoms with E-state index in [2.05, 4.69) is 9.44 Å². The first kappa shape index (κ1) is 15.8. The van der Waals surface area contributed by atoms with Gasteiger partial charge in [-0.3, -0.25) is 0 Å². The van der Waals surface area contributed by atoms with Gasteiger partial charge in [0.25, 0.3) is 10.2 Å². The van der Waals surface area contributed by atoms with Gasteiger partial charge in [-0.2, -0.15) is 13.1 Å². The van der Waals surface area contributed by atoms with Crippen LogP contribution in [0.3, 0.4) is 0 Å². The van der Waals surface area contributed by atoms with Crippen LogP contribution >= 0.6 is 0 Å². The van der Waals surface area contributed by atoms with Crippen LogP contribution in [0.25, 0.3) is 0 Å². The van der Waals surface area contributed by atoms with Crippen LogP contribution in [0.5, 0.6) is 0 Å². The highest BCUT2D eigenvalue weighted by atomic mass is 32.2. The van der Waals surface area contributed by atoms with Gasteiger partial charge < -0.3 is 5.11 Å². The predicted octanol–water partition coefficient (Wildman–Crippen LogP) is 0.618. The largest absolute Gasteiger partial charge is 0.396 e. The van der Waals surface area contributed by atoms with Crippen LogP contribution in [-0.4, -0.2) is 32.2 Å². The summed E-state index contributed by atoms with van der Waals surface area (Å²) < 4.78 is 28.2. The van der Waals surface area contributed by atoms with Gasteiger partial charge in [-0.15, -0.1) is 0 Å². The fourth-order valence-corrected chi connectivity index (χ4v) is 2.63. The first-order chi connectivity index (χ1) is 7.20. The lowest BCUT2D eigenvalue weighted by molar-refractivity contribution is 0.254. The molecule has 0 radical (unpaired) electrons. The molecule has 6 heteroatoms. The highest BCUT2D eigenvalue weighted by molar-refractivity contribution is 7.87. The van der Waals surface area contributed by atoms with E-state index in [0.29, 0.717) is 13.0 Å². The Morgan fingerprint density at radius 1 is 1.31 bits per heavy atom. The molecule has 0 aromatic rings. The average molecular weight is 252 g/mol. The molecule has 98 valence electrons. The summed E-state index contributed by atoms with van der Waals surface area (Å²) in [4.78, 5) is 0. The van der Waals surface area contributed by atoms with E-state index >= 15 is 0 Å². The molecule has 1 unspecified atom stereocenters. The lowest BCUT2D eigenvalue weighted by atomic mass is 10.0. The van der Waals surface area contributed by atoms with E-state index in [1.54, 1.807) is 20.8 Å². The Hall–Kier alpha value is -0.170. The van der Waals surface area contributed by atoms with Gasteiger partial charge in [-0.25, -0.2) is 4.72 Å². The molecule has 0 heterocycles. The molecule has 0 aliphatic rings. The molecule has 1 atom stereocenters. The topological polar surface area (TPSA) is 78.4 Å². The Balaban J connectivity index is 4.17. The quantitative estimate of drug-likeness (QED) is 0.621. The normalized spacial score (nSPS) is 15.1. The van der Waals surface area contributed by atoms with E-state index in [1.165, 1.54) is 0 Å². The number of rotatable bonds is 7. The smallest absolute Gasteiger partial charge is 0.277 e. The zero-order valence-electron chi connectivity index (χ0n) is 10.6. The van der Waals surface area contributed by atoms with Gasteiger partial charge >= 0.3 is 0 Å². The number of aliphatic hydroxyl groups is 1. The fraction of sp³-hybridized carbons (Fsp3) is 1.00. The SMILES string of the molecule is CCC(CCO)CNS(=O)(=O)NC(C)(C)C. The number of hydrogen-bond acceptors (Lipinski definition) is 3. The summed E-state index contributed by atoms with van der Waals surface area (Å²) in [5, 5.41) is 8.79. The molecule has 0 spiro atoms. The zero-order valence-corrected chi connectivity index (χ0v) is 11.4. The van der Waals surface area contributed by atoms with Crippen LogP contribution in [-0.2, 0) is 10.2 Å². The van der Waals surface area contributed by atoms with Crippen LogP contribution in [0.2, 0.25) is 0 Å². The van der Waals surface area contributed by atoms with E-state index in [9.17, 15) is 8.42 Å². The van der Waals surface area contributed by atoms with Gasteiger partial charge in [0.1, 0.15) is 0 Å². The van der Waals surface area contributed by atoms with Crippen LogP contribution in [0.1, 0.15) is 40.5 Å². The number of aliphatic hydroxyl groups excluding tert-OH is 1. The Labute approximate surface area is 98.8 Å². The van der Waals surface area contributed by atoms with E-state index in [-0.39, 0.29) is 12.5 Å². The molecular weight excluding hydrogens is 228 g/mol. The Morgan fingerprint density at radius 3 is 2.25 bits per heavy atom. The van der Waals surface area contributed by atoms with Crippen molar-refractivity contribution in [2.75, 3.05) is 13.2 Å². The Kier molecular flexibility index (Phi) is 6.47. The van der Waals surface area contributed by atoms with Crippen molar-refractivity contribution in [3.63, 3.8) is 0 Å². The van der Waals surface area contributed by atoms with Crippen LogP contribution in [0.15, 0.2) is 0 Å². The van der Waals surface area contributed by atoms with Crippen LogP contribution < -0.4 is 9.44 Å². The minimum absolute atomic E-state index is 0.0902. The first-order valence-corrected chi connectivity index (χ1v) is 7.08. The predicted molar refractivity (Wildman–Crippen MR) is 65.3 cm³/mol. The van der Waals surface area contributed by atoms with E-state index < -0.39 is 15.7 Å². The summed E-state index contributed by atoms with van der Waals surface area (Å²) in [6, 6.07) is 0. The maximum Gasteiger partial charge on any atom is 0.277 e. The number of nitrogens with one attached hydrogen (secondary N) is 2. The van der Waals surface area contributed by atoms with Gasteiger partial charge in [0.15, 0.2) is 0 Å². The van der Waals surface area contributed by atoms with Gasteiger partial charge in [-0.1, -0.05) is 13.3 Å². The molecular formula is C10H24N2O3S. The summed E-state index contributed by atoms with van der Waals surface area (Å²) >= 11 is 0. The van der Waals surface area contributed by atoms with Crippen molar-refractivity contribution in [2.24, 2.45) is 5.92 Å². The summed E-state index contributed by atoms with van der Waals surface area (Å²) in [7, 11) is -3.44. The lowest BCUT2D eigenvalue weighted by Crippen LogP contribution is -2.47. The molecule has 0 rings (SSSR count). The molecule has 0 aliphatic carbocycles. The van der Waals surface area contributed by atoms with E-state index in [4.69, 9.17) is 5.11 Å². The lowest BCUT2D eigenvalue weighted by Gasteiger charge is -2.22. The highest BCUT2D eigenvalue weighted by Crippen LogP contribution is 2.07. The first-order valence-electron chi connectivity index (χ1n) is 5.59. The third-order valence-electron chi connectivity index (χ3n) is 2.12. The summed E-state index contributed by atoms with van der Waals surface area (Å²) in [6.07, 6.45) is 1.47. The maximum absolute atomic E-state index is 11.6. The highest BCUT2D eigenvalue weighted by Gasteiger charge is 2.20. The molecule has 0 saturated carbocycles. The molecule has 0 fully saturated rings. The molecule has 0 aromatic heterocycles. The van der Waals surface area contributed by atoms with E-state index in [1.807, 2.05) is 6.92 Å². The van der Waals surface area contributed by atoms with Crippen molar-refractivity contribution < 1.29 is 13.5 Å². The van der Waals surface area contributed by atoms with Crippen molar-refractivity contribution in [1.82, 2.24) is 9.44 Å². The number of hydrogen-bond donors (Lipinski definition) is 3. The summed E-state index contributed by atoms with van der Waals surface area (Å²) in [5.41, 5.74) is -0.482.